The highest BCUT2D eigenvalue weighted by atomic mass is 32.2. The molecular weight excluding hydrogens is 251 g/mol. The Morgan fingerprint density at radius 1 is 1.44 bits per heavy atom. The normalized spacial score (nSPS) is 12.8. The Balaban J connectivity index is 2.69. The smallest absolute Gasteiger partial charge is 0.168 e. The maximum atomic E-state index is 14.0. The zero-order valence-corrected chi connectivity index (χ0v) is 11.9. The van der Waals surface area contributed by atoms with E-state index in [1.165, 1.54) is 7.11 Å². The van der Waals surface area contributed by atoms with Crippen molar-refractivity contribution < 1.29 is 9.13 Å². The standard InChI is InChI=1S/C13H21FN2OS/c1-9(2)18-8-11(16-15)7-10-5-4-6-12(17-3)13(10)14/h4-6,9,11,16H,7-8,15H2,1-3H3. The van der Waals surface area contributed by atoms with Gasteiger partial charge in [-0.15, -0.1) is 0 Å². The molecule has 0 aliphatic heterocycles. The summed E-state index contributed by atoms with van der Waals surface area (Å²) >= 11 is 1.80. The molecule has 1 unspecified atom stereocenters. The van der Waals surface area contributed by atoms with Crippen molar-refractivity contribution in [2.24, 2.45) is 5.84 Å². The van der Waals surface area contributed by atoms with Gasteiger partial charge in [0.2, 0.25) is 0 Å². The van der Waals surface area contributed by atoms with Gasteiger partial charge in [0.05, 0.1) is 7.11 Å². The molecule has 1 rings (SSSR count). The van der Waals surface area contributed by atoms with Gasteiger partial charge in [-0.2, -0.15) is 11.8 Å². The third kappa shape index (κ3) is 4.48. The molecule has 1 aromatic rings. The first-order valence-corrected chi connectivity index (χ1v) is 7.02. The van der Waals surface area contributed by atoms with Crippen LogP contribution in [0.3, 0.4) is 0 Å². The SMILES string of the molecule is COc1cccc(CC(CSC(C)C)NN)c1F. The summed E-state index contributed by atoms with van der Waals surface area (Å²) in [5.41, 5.74) is 3.37. The van der Waals surface area contributed by atoms with Gasteiger partial charge in [-0.05, 0) is 23.3 Å². The van der Waals surface area contributed by atoms with E-state index in [0.717, 1.165) is 5.75 Å². The Morgan fingerprint density at radius 2 is 2.17 bits per heavy atom. The maximum Gasteiger partial charge on any atom is 0.168 e. The van der Waals surface area contributed by atoms with Gasteiger partial charge >= 0.3 is 0 Å². The third-order valence-electron chi connectivity index (χ3n) is 2.60. The minimum absolute atomic E-state index is 0.0546. The summed E-state index contributed by atoms with van der Waals surface area (Å²) < 4.78 is 18.9. The maximum absolute atomic E-state index is 14.0. The summed E-state index contributed by atoms with van der Waals surface area (Å²) in [7, 11) is 1.47. The summed E-state index contributed by atoms with van der Waals surface area (Å²) in [4.78, 5) is 0. The molecule has 0 heterocycles. The van der Waals surface area contributed by atoms with E-state index < -0.39 is 0 Å². The number of hydrogen-bond acceptors (Lipinski definition) is 4. The van der Waals surface area contributed by atoms with Crippen LogP contribution in [-0.2, 0) is 6.42 Å². The van der Waals surface area contributed by atoms with Crippen LogP contribution in [0.2, 0.25) is 0 Å². The fraction of sp³-hybridized carbons (Fsp3) is 0.538. The second kappa shape index (κ2) is 7.61. The van der Waals surface area contributed by atoms with Crippen LogP contribution >= 0.6 is 11.8 Å². The lowest BCUT2D eigenvalue weighted by Gasteiger charge is -2.17. The summed E-state index contributed by atoms with van der Waals surface area (Å²) in [5.74, 6) is 6.34. The number of methoxy groups -OCH3 is 1. The average Bonchev–Trinajstić information content (AvgIpc) is 2.36. The minimum atomic E-state index is -0.296. The second-order valence-corrected chi connectivity index (χ2v) is 5.99. The second-order valence-electron chi connectivity index (χ2n) is 4.38. The summed E-state index contributed by atoms with van der Waals surface area (Å²) in [6, 6.07) is 5.23. The van der Waals surface area contributed by atoms with E-state index in [1.54, 1.807) is 30.0 Å². The van der Waals surface area contributed by atoms with Crippen molar-refractivity contribution in [1.29, 1.82) is 0 Å². The fourth-order valence-corrected chi connectivity index (χ4v) is 2.44. The predicted molar refractivity (Wildman–Crippen MR) is 75.4 cm³/mol. The van der Waals surface area contributed by atoms with Gasteiger partial charge in [0.1, 0.15) is 0 Å². The first-order chi connectivity index (χ1) is 8.58. The highest BCUT2D eigenvalue weighted by Gasteiger charge is 2.14. The number of rotatable bonds is 7. The molecule has 3 nitrogen and oxygen atoms in total. The first kappa shape index (κ1) is 15.3. The van der Waals surface area contributed by atoms with E-state index in [-0.39, 0.29) is 17.6 Å². The van der Waals surface area contributed by atoms with Crippen LogP contribution in [0.25, 0.3) is 0 Å². The molecule has 0 aliphatic carbocycles. The van der Waals surface area contributed by atoms with Crippen LogP contribution in [0, 0.1) is 5.82 Å². The van der Waals surface area contributed by atoms with Crippen LogP contribution in [0.4, 0.5) is 4.39 Å². The van der Waals surface area contributed by atoms with Crippen molar-refractivity contribution in [2.75, 3.05) is 12.9 Å². The van der Waals surface area contributed by atoms with Crippen molar-refractivity contribution in [1.82, 2.24) is 5.43 Å². The lowest BCUT2D eigenvalue weighted by Crippen LogP contribution is -2.39. The van der Waals surface area contributed by atoms with Crippen molar-refractivity contribution >= 4 is 11.8 Å². The molecule has 102 valence electrons. The summed E-state index contributed by atoms with van der Waals surface area (Å²) in [5, 5.41) is 0.538. The number of hydrogen-bond donors (Lipinski definition) is 2. The molecule has 1 aromatic carbocycles. The molecule has 1 atom stereocenters. The van der Waals surface area contributed by atoms with Crippen LogP contribution in [0.5, 0.6) is 5.75 Å². The molecule has 3 N–H and O–H groups in total. The van der Waals surface area contributed by atoms with Crippen LogP contribution in [0.1, 0.15) is 19.4 Å². The Kier molecular flexibility index (Phi) is 6.46. The van der Waals surface area contributed by atoms with Crippen molar-refractivity contribution in [3.63, 3.8) is 0 Å². The van der Waals surface area contributed by atoms with Crippen molar-refractivity contribution in [3.8, 4) is 5.75 Å². The van der Waals surface area contributed by atoms with E-state index in [9.17, 15) is 4.39 Å². The van der Waals surface area contributed by atoms with Crippen molar-refractivity contribution in [3.05, 3.63) is 29.6 Å². The lowest BCUT2D eigenvalue weighted by atomic mass is 10.1. The number of nitrogens with two attached hydrogens (primary N) is 1. The predicted octanol–water partition coefficient (Wildman–Crippen LogP) is 2.35. The zero-order valence-electron chi connectivity index (χ0n) is 11.1. The largest absolute Gasteiger partial charge is 0.494 e. The lowest BCUT2D eigenvalue weighted by molar-refractivity contribution is 0.383. The zero-order chi connectivity index (χ0) is 13.5. The van der Waals surface area contributed by atoms with Gasteiger partial charge in [-0.3, -0.25) is 11.3 Å². The highest BCUT2D eigenvalue weighted by molar-refractivity contribution is 7.99. The Hall–Kier alpha value is -0.780. The Morgan fingerprint density at radius 3 is 2.72 bits per heavy atom. The molecule has 0 aliphatic rings. The topological polar surface area (TPSA) is 47.3 Å². The van der Waals surface area contributed by atoms with Gasteiger partial charge in [-0.1, -0.05) is 26.0 Å². The van der Waals surface area contributed by atoms with Crippen LogP contribution in [-0.4, -0.2) is 24.2 Å². The monoisotopic (exact) mass is 272 g/mol. The van der Waals surface area contributed by atoms with E-state index in [1.807, 2.05) is 0 Å². The number of nitrogens with one attached hydrogen (secondary N) is 1. The molecule has 18 heavy (non-hydrogen) atoms. The number of halogens is 1. The first-order valence-electron chi connectivity index (χ1n) is 5.97. The molecule has 0 spiro atoms. The molecule has 0 fully saturated rings. The van der Waals surface area contributed by atoms with Gasteiger partial charge in [0.25, 0.3) is 0 Å². The molecule has 5 heteroatoms. The minimum Gasteiger partial charge on any atom is -0.494 e. The van der Waals surface area contributed by atoms with Crippen LogP contribution in [0.15, 0.2) is 18.2 Å². The number of benzene rings is 1. The highest BCUT2D eigenvalue weighted by Crippen LogP contribution is 2.22. The molecule has 0 saturated heterocycles. The molecule has 0 radical (unpaired) electrons. The summed E-state index contributed by atoms with van der Waals surface area (Å²) in [6.07, 6.45) is 0.555. The summed E-state index contributed by atoms with van der Waals surface area (Å²) in [6.45, 7) is 4.26. The molecule has 0 bridgehead atoms. The molecule has 0 amide bonds. The fourth-order valence-electron chi connectivity index (χ4n) is 1.61. The van der Waals surface area contributed by atoms with E-state index in [0.29, 0.717) is 17.2 Å². The van der Waals surface area contributed by atoms with E-state index in [4.69, 9.17) is 10.6 Å². The molecule has 0 aromatic heterocycles. The average molecular weight is 272 g/mol. The van der Waals surface area contributed by atoms with E-state index in [2.05, 4.69) is 19.3 Å². The third-order valence-corrected chi connectivity index (χ3v) is 3.86. The van der Waals surface area contributed by atoms with Gasteiger partial charge < -0.3 is 4.74 Å². The molecule has 0 saturated carbocycles. The van der Waals surface area contributed by atoms with Crippen molar-refractivity contribution in [2.45, 2.75) is 31.6 Å². The van der Waals surface area contributed by atoms with Crippen LogP contribution < -0.4 is 16.0 Å². The number of ether oxygens (including phenoxy) is 1. The number of thioether (sulfide) groups is 1. The molecular formula is C13H21FN2OS. The quantitative estimate of drug-likeness (QED) is 0.591. The van der Waals surface area contributed by atoms with E-state index >= 15 is 0 Å². The Bertz CT molecular complexity index is 374. The Labute approximate surface area is 112 Å². The van der Waals surface area contributed by atoms with Gasteiger partial charge in [-0.25, -0.2) is 4.39 Å². The number of hydrazine groups is 1. The van der Waals surface area contributed by atoms with Gasteiger partial charge in [0, 0.05) is 11.8 Å². The van der Waals surface area contributed by atoms with Gasteiger partial charge in [0.15, 0.2) is 11.6 Å².